The van der Waals surface area contributed by atoms with E-state index in [2.05, 4.69) is 50.5 Å². The highest BCUT2D eigenvalue weighted by Gasteiger charge is 2.16. The summed E-state index contributed by atoms with van der Waals surface area (Å²) in [6.45, 7) is 10.8. The number of aryl methyl sites for hydroxylation is 2. The molecule has 150 valence electrons. The Morgan fingerprint density at radius 1 is 1.11 bits per heavy atom. The number of nitrogens with zero attached hydrogens (tertiary/aromatic N) is 4. The van der Waals surface area contributed by atoms with E-state index in [1.165, 1.54) is 5.56 Å². The molecule has 6 nitrogen and oxygen atoms in total. The Kier molecular flexibility index (Phi) is 7.01. The number of carbonyl (C=O) groups excluding carboxylic acids is 1. The summed E-state index contributed by atoms with van der Waals surface area (Å²) in [7, 11) is 1.92. The van der Waals surface area contributed by atoms with Crippen LogP contribution in [0.25, 0.3) is 6.08 Å². The van der Waals surface area contributed by atoms with Crippen molar-refractivity contribution in [1.29, 1.82) is 0 Å². The van der Waals surface area contributed by atoms with Gasteiger partial charge in [0.1, 0.15) is 0 Å². The zero-order valence-electron chi connectivity index (χ0n) is 17.2. The topological polar surface area (TPSA) is 53.4 Å². The molecule has 0 atom stereocenters. The second-order valence-electron chi connectivity index (χ2n) is 7.44. The molecule has 1 aromatic heterocycles. The summed E-state index contributed by atoms with van der Waals surface area (Å²) in [6, 6.07) is 10.6. The number of benzene rings is 1. The molecule has 0 aliphatic carbocycles. The molecule has 0 saturated carbocycles. The number of amides is 1. The average Bonchev–Trinajstić information content (AvgIpc) is 2.94. The lowest BCUT2D eigenvalue weighted by atomic mass is 10.2. The van der Waals surface area contributed by atoms with Crippen molar-refractivity contribution in [3.05, 3.63) is 58.9 Å². The van der Waals surface area contributed by atoms with E-state index in [9.17, 15) is 4.79 Å². The number of carbonyl (C=O) groups is 1. The van der Waals surface area contributed by atoms with Gasteiger partial charge in [0.15, 0.2) is 0 Å². The molecule has 1 aliphatic heterocycles. The smallest absolute Gasteiger partial charge is 0.244 e. The Labute approximate surface area is 167 Å². The highest BCUT2D eigenvalue weighted by atomic mass is 16.1. The highest BCUT2D eigenvalue weighted by molar-refractivity contribution is 5.91. The molecule has 2 aromatic rings. The first-order valence-corrected chi connectivity index (χ1v) is 9.97. The van der Waals surface area contributed by atoms with Crippen molar-refractivity contribution in [2.24, 2.45) is 7.05 Å². The van der Waals surface area contributed by atoms with E-state index < -0.39 is 0 Å². The molecule has 1 saturated heterocycles. The molecule has 2 heterocycles. The van der Waals surface area contributed by atoms with Gasteiger partial charge in [0.25, 0.3) is 0 Å². The lowest BCUT2D eigenvalue weighted by Gasteiger charge is -2.34. The zero-order chi connectivity index (χ0) is 19.9. The number of rotatable bonds is 7. The van der Waals surface area contributed by atoms with E-state index in [0.29, 0.717) is 6.54 Å². The molecular weight excluding hydrogens is 350 g/mol. The Balaban J connectivity index is 1.35. The molecule has 3 rings (SSSR count). The maximum atomic E-state index is 12.1. The standard InChI is InChI=1S/C22H31N5O/c1-18-21(19(2)25(3)24-18)9-10-22(28)23-11-12-26-13-15-27(16-14-26)17-20-7-5-4-6-8-20/h4-10H,11-17H2,1-3H3,(H,23,28)/b10-9+. The van der Waals surface area contributed by atoms with Gasteiger partial charge in [-0.25, -0.2) is 0 Å². The van der Waals surface area contributed by atoms with Gasteiger partial charge in [0.2, 0.25) is 5.91 Å². The van der Waals surface area contributed by atoms with Gasteiger partial charge in [-0.05, 0) is 25.5 Å². The van der Waals surface area contributed by atoms with Gasteiger partial charge in [-0.3, -0.25) is 19.3 Å². The van der Waals surface area contributed by atoms with Crippen LogP contribution < -0.4 is 5.32 Å². The molecule has 1 amide bonds. The third-order valence-corrected chi connectivity index (χ3v) is 5.41. The van der Waals surface area contributed by atoms with Gasteiger partial charge in [0, 0.05) is 70.2 Å². The molecule has 0 spiro atoms. The van der Waals surface area contributed by atoms with Crippen LogP contribution in [0.2, 0.25) is 0 Å². The number of hydrogen-bond donors (Lipinski definition) is 1. The lowest BCUT2D eigenvalue weighted by molar-refractivity contribution is -0.116. The molecule has 0 unspecified atom stereocenters. The molecule has 28 heavy (non-hydrogen) atoms. The zero-order valence-corrected chi connectivity index (χ0v) is 17.2. The summed E-state index contributed by atoms with van der Waals surface area (Å²) in [4.78, 5) is 17.0. The summed E-state index contributed by atoms with van der Waals surface area (Å²) in [6.07, 6.45) is 3.46. The van der Waals surface area contributed by atoms with Gasteiger partial charge < -0.3 is 5.32 Å². The van der Waals surface area contributed by atoms with Gasteiger partial charge in [-0.1, -0.05) is 30.3 Å². The predicted octanol–water partition coefficient (Wildman–Crippen LogP) is 1.98. The van der Waals surface area contributed by atoms with E-state index in [-0.39, 0.29) is 5.91 Å². The minimum absolute atomic E-state index is 0.0506. The van der Waals surface area contributed by atoms with E-state index >= 15 is 0 Å². The summed E-state index contributed by atoms with van der Waals surface area (Å²) in [5, 5.41) is 7.36. The van der Waals surface area contributed by atoms with Crippen LogP contribution >= 0.6 is 0 Å². The first-order valence-electron chi connectivity index (χ1n) is 9.97. The van der Waals surface area contributed by atoms with E-state index in [0.717, 1.165) is 56.2 Å². The number of aromatic nitrogens is 2. The molecule has 1 N–H and O–H groups in total. The Morgan fingerprint density at radius 3 is 2.43 bits per heavy atom. The molecule has 1 fully saturated rings. The Bertz CT molecular complexity index is 804. The monoisotopic (exact) mass is 381 g/mol. The number of hydrogen-bond acceptors (Lipinski definition) is 4. The van der Waals surface area contributed by atoms with Crippen LogP contribution in [0.3, 0.4) is 0 Å². The maximum Gasteiger partial charge on any atom is 0.244 e. The van der Waals surface area contributed by atoms with Crippen LogP contribution in [0.15, 0.2) is 36.4 Å². The van der Waals surface area contributed by atoms with Crippen LogP contribution in [-0.4, -0.2) is 64.8 Å². The molecule has 0 radical (unpaired) electrons. The Morgan fingerprint density at radius 2 is 1.79 bits per heavy atom. The average molecular weight is 382 g/mol. The fourth-order valence-corrected chi connectivity index (χ4v) is 3.60. The summed E-state index contributed by atoms with van der Waals surface area (Å²) >= 11 is 0. The second-order valence-corrected chi connectivity index (χ2v) is 7.44. The number of piperazine rings is 1. The fourth-order valence-electron chi connectivity index (χ4n) is 3.60. The minimum Gasteiger partial charge on any atom is -0.351 e. The van der Waals surface area contributed by atoms with Gasteiger partial charge in [-0.15, -0.1) is 0 Å². The van der Waals surface area contributed by atoms with Gasteiger partial charge in [0.05, 0.1) is 5.69 Å². The Hall–Kier alpha value is -2.44. The van der Waals surface area contributed by atoms with Crippen LogP contribution in [-0.2, 0) is 18.4 Å². The highest BCUT2D eigenvalue weighted by Crippen LogP contribution is 2.13. The maximum absolute atomic E-state index is 12.1. The molecule has 1 aromatic carbocycles. The minimum atomic E-state index is -0.0506. The van der Waals surface area contributed by atoms with Crippen molar-refractivity contribution >= 4 is 12.0 Å². The lowest BCUT2D eigenvalue weighted by Crippen LogP contribution is -2.47. The predicted molar refractivity (Wildman–Crippen MR) is 113 cm³/mol. The van der Waals surface area contributed by atoms with Crippen molar-refractivity contribution in [2.75, 3.05) is 39.3 Å². The van der Waals surface area contributed by atoms with Gasteiger partial charge in [-0.2, -0.15) is 5.10 Å². The van der Waals surface area contributed by atoms with E-state index in [1.54, 1.807) is 6.08 Å². The molecule has 1 aliphatic rings. The van der Waals surface area contributed by atoms with Crippen molar-refractivity contribution in [2.45, 2.75) is 20.4 Å². The van der Waals surface area contributed by atoms with Crippen LogP contribution in [0.4, 0.5) is 0 Å². The quantitative estimate of drug-likeness (QED) is 0.745. The molecule has 6 heteroatoms. The largest absolute Gasteiger partial charge is 0.351 e. The van der Waals surface area contributed by atoms with Crippen molar-refractivity contribution in [3.63, 3.8) is 0 Å². The van der Waals surface area contributed by atoms with Crippen molar-refractivity contribution in [3.8, 4) is 0 Å². The van der Waals surface area contributed by atoms with Crippen molar-refractivity contribution in [1.82, 2.24) is 24.9 Å². The third kappa shape index (κ3) is 5.53. The van der Waals surface area contributed by atoms with Crippen molar-refractivity contribution < 1.29 is 4.79 Å². The van der Waals surface area contributed by atoms with Crippen LogP contribution in [0, 0.1) is 13.8 Å². The van der Waals surface area contributed by atoms with E-state index in [4.69, 9.17) is 0 Å². The molecule has 0 bridgehead atoms. The summed E-state index contributed by atoms with van der Waals surface area (Å²) in [5.41, 5.74) is 4.40. The third-order valence-electron chi connectivity index (χ3n) is 5.41. The first kappa shape index (κ1) is 20.3. The van der Waals surface area contributed by atoms with Crippen LogP contribution in [0.5, 0.6) is 0 Å². The SMILES string of the molecule is Cc1nn(C)c(C)c1/C=C/C(=O)NCCN1CCN(Cc2ccccc2)CC1. The normalized spacial score (nSPS) is 16.0. The second kappa shape index (κ2) is 9.66. The number of nitrogens with one attached hydrogen (secondary N) is 1. The summed E-state index contributed by atoms with van der Waals surface area (Å²) < 4.78 is 1.84. The summed E-state index contributed by atoms with van der Waals surface area (Å²) in [5.74, 6) is -0.0506. The van der Waals surface area contributed by atoms with Gasteiger partial charge >= 0.3 is 0 Å². The van der Waals surface area contributed by atoms with Crippen LogP contribution in [0.1, 0.15) is 22.5 Å². The fraction of sp³-hybridized carbons (Fsp3) is 0.455. The molecular formula is C22H31N5O. The van der Waals surface area contributed by atoms with E-state index in [1.807, 2.05) is 31.7 Å². The first-order chi connectivity index (χ1) is 13.5.